The maximum absolute atomic E-state index is 13.1. The molecule has 122 valence electrons. The van der Waals surface area contributed by atoms with Gasteiger partial charge in [0.2, 0.25) is 5.91 Å². The highest BCUT2D eigenvalue weighted by molar-refractivity contribution is 5.79. The second-order valence-corrected chi connectivity index (χ2v) is 7.72. The van der Waals surface area contributed by atoms with Crippen LogP contribution in [-0.4, -0.2) is 36.5 Å². The average molecular weight is 294 g/mol. The summed E-state index contributed by atoms with van der Waals surface area (Å²) in [5.41, 5.74) is 0.183. The molecule has 0 bridgehead atoms. The molecule has 0 spiro atoms. The number of hydrogen-bond acceptors (Lipinski definition) is 2. The molecule has 1 saturated heterocycles. The van der Waals surface area contributed by atoms with Gasteiger partial charge >= 0.3 is 0 Å². The first-order valence-electron chi connectivity index (χ1n) is 9.07. The Hall–Kier alpha value is -0.570. The molecule has 2 atom stereocenters. The van der Waals surface area contributed by atoms with Crippen LogP contribution in [0.15, 0.2) is 0 Å². The molecule has 0 radical (unpaired) electrons. The Labute approximate surface area is 130 Å². The highest BCUT2D eigenvalue weighted by Crippen LogP contribution is 2.41. The van der Waals surface area contributed by atoms with Crippen LogP contribution in [0, 0.1) is 11.3 Å². The molecule has 1 heterocycles. The molecule has 1 amide bonds. The largest absolute Gasteiger partial charge is 0.341 e. The summed E-state index contributed by atoms with van der Waals surface area (Å²) < 4.78 is 0. The van der Waals surface area contributed by atoms with E-state index >= 15 is 0 Å². The molecule has 1 aliphatic carbocycles. The first kappa shape index (κ1) is 16.8. The van der Waals surface area contributed by atoms with E-state index in [0.29, 0.717) is 11.9 Å². The smallest absolute Gasteiger partial charge is 0.226 e. The van der Waals surface area contributed by atoms with Gasteiger partial charge in [0.25, 0.3) is 0 Å². The Balaban J connectivity index is 2.01. The van der Waals surface area contributed by atoms with Gasteiger partial charge in [0.15, 0.2) is 0 Å². The minimum Gasteiger partial charge on any atom is -0.341 e. The molecule has 2 rings (SSSR count). The van der Waals surface area contributed by atoms with Gasteiger partial charge in [-0.15, -0.1) is 0 Å². The number of unbranched alkanes of at least 4 members (excludes halogenated alkanes) is 1. The van der Waals surface area contributed by atoms with Crippen LogP contribution in [-0.2, 0) is 4.79 Å². The third-order valence-corrected chi connectivity index (χ3v) is 5.50. The van der Waals surface area contributed by atoms with Crippen molar-refractivity contribution in [3.63, 3.8) is 0 Å². The quantitative estimate of drug-likeness (QED) is 0.812. The van der Waals surface area contributed by atoms with Crippen molar-refractivity contribution in [1.82, 2.24) is 10.2 Å². The third-order valence-electron chi connectivity index (χ3n) is 5.50. The predicted molar refractivity (Wildman–Crippen MR) is 88.3 cm³/mol. The molecule has 0 aromatic heterocycles. The molecule has 2 unspecified atom stereocenters. The molecular weight excluding hydrogens is 260 g/mol. The van der Waals surface area contributed by atoms with Crippen LogP contribution in [0.2, 0.25) is 0 Å². The summed E-state index contributed by atoms with van der Waals surface area (Å²) in [6, 6.07) is 0.525. The molecule has 2 aliphatic rings. The van der Waals surface area contributed by atoms with Crippen molar-refractivity contribution < 1.29 is 4.79 Å². The molecule has 3 heteroatoms. The fourth-order valence-corrected chi connectivity index (χ4v) is 3.99. The van der Waals surface area contributed by atoms with E-state index in [9.17, 15) is 4.79 Å². The lowest BCUT2D eigenvalue weighted by molar-refractivity contribution is -0.141. The van der Waals surface area contributed by atoms with Gasteiger partial charge in [0, 0.05) is 25.0 Å². The first-order valence-corrected chi connectivity index (χ1v) is 9.07. The summed E-state index contributed by atoms with van der Waals surface area (Å²) >= 11 is 0. The van der Waals surface area contributed by atoms with E-state index in [0.717, 1.165) is 38.9 Å². The predicted octanol–water partition coefficient (Wildman–Crippen LogP) is 3.58. The topological polar surface area (TPSA) is 32.3 Å². The molecule has 2 fully saturated rings. The van der Waals surface area contributed by atoms with Crippen LogP contribution in [0.4, 0.5) is 0 Å². The fraction of sp³-hybridized carbons (Fsp3) is 0.944. The number of rotatable bonds is 6. The summed E-state index contributed by atoms with van der Waals surface area (Å²) in [6.45, 7) is 9.78. The van der Waals surface area contributed by atoms with E-state index in [1.807, 2.05) is 0 Å². The van der Waals surface area contributed by atoms with Crippen molar-refractivity contribution in [2.45, 2.75) is 78.2 Å². The maximum atomic E-state index is 13.1. The van der Waals surface area contributed by atoms with Crippen molar-refractivity contribution in [3.8, 4) is 0 Å². The van der Waals surface area contributed by atoms with Crippen LogP contribution >= 0.6 is 0 Å². The number of carbonyl (C=O) groups excluding carboxylic acids is 1. The van der Waals surface area contributed by atoms with E-state index in [1.54, 1.807) is 0 Å². The van der Waals surface area contributed by atoms with Gasteiger partial charge in [-0.1, -0.05) is 40.0 Å². The summed E-state index contributed by atoms with van der Waals surface area (Å²) in [4.78, 5) is 15.3. The number of amides is 1. The third kappa shape index (κ3) is 4.45. The molecule has 0 aromatic rings. The lowest BCUT2D eigenvalue weighted by Crippen LogP contribution is -2.48. The minimum atomic E-state index is 0.183. The normalized spacial score (nSPS) is 28.5. The molecule has 1 aliphatic heterocycles. The zero-order chi connectivity index (χ0) is 15.3. The van der Waals surface area contributed by atoms with E-state index in [4.69, 9.17) is 0 Å². The Kier molecular flexibility index (Phi) is 6.09. The van der Waals surface area contributed by atoms with Gasteiger partial charge in [-0.25, -0.2) is 0 Å². The van der Waals surface area contributed by atoms with Crippen molar-refractivity contribution >= 4 is 5.91 Å². The van der Waals surface area contributed by atoms with Crippen LogP contribution < -0.4 is 5.32 Å². The molecule has 1 N–H and O–H groups in total. The van der Waals surface area contributed by atoms with E-state index in [2.05, 4.69) is 31.0 Å². The van der Waals surface area contributed by atoms with Crippen molar-refractivity contribution in [2.24, 2.45) is 11.3 Å². The highest BCUT2D eigenvalue weighted by atomic mass is 16.2. The molecule has 3 nitrogen and oxygen atoms in total. The van der Waals surface area contributed by atoms with Gasteiger partial charge < -0.3 is 10.2 Å². The number of hydrogen-bond donors (Lipinski definition) is 1. The summed E-state index contributed by atoms with van der Waals surface area (Å²) in [5.74, 6) is 0.673. The molecule has 0 aromatic carbocycles. The lowest BCUT2D eigenvalue weighted by atomic mass is 9.68. The zero-order valence-electron chi connectivity index (χ0n) is 14.3. The Bertz CT molecular complexity index is 334. The van der Waals surface area contributed by atoms with Gasteiger partial charge in [-0.2, -0.15) is 0 Å². The minimum absolute atomic E-state index is 0.183. The number of carbonyl (C=O) groups is 1. The Morgan fingerprint density at radius 3 is 2.67 bits per heavy atom. The van der Waals surface area contributed by atoms with Crippen molar-refractivity contribution in [3.05, 3.63) is 0 Å². The van der Waals surface area contributed by atoms with Gasteiger partial charge in [-0.3, -0.25) is 4.79 Å². The average Bonchev–Trinajstić information content (AvgIpc) is 2.95. The SMILES string of the molecule is CCCCN(CC1CCCN1)C(=O)C1CCCCC1(C)C. The van der Waals surface area contributed by atoms with E-state index in [-0.39, 0.29) is 11.3 Å². The molecule has 21 heavy (non-hydrogen) atoms. The summed E-state index contributed by atoms with van der Waals surface area (Å²) in [7, 11) is 0. The summed E-state index contributed by atoms with van der Waals surface area (Å²) in [5, 5.41) is 3.55. The van der Waals surface area contributed by atoms with E-state index in [1.165, 1.54) is 32.1 Å². The lowest BCUT2D eigenvalue weighted by Gasteiger charge is -2.40. The second-order valence-electron chi connectivity index (χ2n) is 7.72. The number of nitrogens with zero attached hydrogens (tertiary/aromatic N) is 1. The fourth-order valence-electron chi connectivity index (χ4n) is 3.99. The van der Waals surface area contributed by atoms with Crippen molar-refractivity contribution in [1.29, 1.82) is 0 Å². The van der Waals surface area contributed by atoms with Crippen LogP contribution in [0.3, 0.4) is 0 Å². The zero-order valence-corrected chi connectivity index (χ0v) is 14.3. The van der Waals surface area contributed by atoms with Gasteiger partial charge in [0.05, 0.1) is 0 Å². The maximum Gasteiger partial charge on any atom is 0.226 e. The monoisotopic (exact) mass is 294 g/mol. The first-order chi connectivity index (χ1) is 10.0. The van der Waals surface area contributed by atoms with E-state index < -0.39 is 0 Å². The number of nitrogens with one attached hydrogen (secondary N) is 1. The second kappa shape index (κ2) is 7.62. The van der Waals surface area contributed by atoms with Gasteiger partial charge in [-0.05, 0) is 44.1 Å². The van der Waals surface area contributed by atoms with Gasteiger partial charge in [0.1, 0.15) is 0 Å². The van der Waals surface area contributed by atoms with Crippen molar-refractivity contribution in [2.75, 3.05) is 19.6 Å². The van der Waals surface area contributed by atoms with Crippen LogP contribution in [0.1, 0.15) is 72.1 Å². The summed E-state index contributed by atoms with van der Waals surface area (Å²) in [6.07, 6.45) is 9.58. The Morgan fingerprint density at radius 2 is 2.05 bits per heavy atom. The van der Waals surface area contributed by atoms with Crippen LogP contribution in [0.5, 0.6) is 0 Å². The Morgan fingerprint density at radius 1 is 1.24 bits per heavy atom. The van der Waals surface area contributed by atoms with Crippen LogP contribution in [0.25, 0.3) is 0 Å². The standard InChI is InChI=1S/C18H34N2O/c1-4-5-13-20(14-15-9-8-12-19-15)17(21)16-10-6-7-11-18(16,2)3/h15-16,19H,4-14H2,1-3H3. The molecule has 1 saturated carbocycles. The molecular formula is C18H34N2O. The highest BCUT2D eigenvalue weighted by Gasteiger charge is 2.39.